The molecule has 0 radical (unpaired) electrons. The predicted octanol–water partition coefficient (Wildman–Crippen LogP) is 7.78. The topological polar surface area (TPSA) is 24.5 Å². The Morgan fingerprint density at radius 2 is 1.70 bits per heavy atom. The second-order valence-corrected chi connectivity index (χ2v) is 9.13. The Kier molecular flexibility index (Phi) is 6.77. The molecule has 0 spiro atoms. The lowest BCUT2D eigenvalue weighted by atomic mass is 9.99. The lowest BCUT2D eigenvalue weighted by Gasteiger charge is -2.37. The summed E-state index contributed by atoms with van der Waals surface area (Å²) < 4.78 is 74.6. The van der Waals surface area contributed by atoms with E-state index < -0.39 is 29.5 Å². The van der Waals surface area contributed by atoms with Gasteiger partial charge in [-0.05, 0) is 66.6 Å². The van der Waals surface area contributed by atoms with Gasteiger partial charge < -0.3 is 15.0 Å². The predicted molar refractivity (Wildman–Crippen MR) is 134 cm³/mol. The molecule has 37 heavy (non-hydrogen) atoms. The first-order valence-electron chi connectivity index (χ1n) is 12.0. The zero-order valence-electron chi connectivity index (χ0n) is 20.0. The van der Waals surface area contributed by atoms with Crippen LogP contribution < -0.4 is 15.0 Å². The summed E-state index contributed by atoms with van der Waals surface area (Å²) in [6, 6.07) is 21.4. The standard InChI is InChI=1S/C29H25F5N2O/c1-18(22-9-4-7-19-6-2-3-8-23(19)22)35-15-14-21-17-36(27-11-5-10-26(31)28(27)37-21)20-12-13-25(30)24(16-20)29(32,33)34/h2-13,16,18,21,35H,14-15,17H2,1H3/t18-,21?/m1/s1. The van der Waals surface area contributed by atoms with Gasteiger partial charge in [-0.15, -0.1) is 0 Å². The Hall–Kier alpha value is -3.65. The van der Waals surface area contributed by atoms with E-state index in [0.717, 1.165) is 28.5 Å². The minimum absolute atomic E-state index is 0.0289. The van der Waals surface area contributed by atoms with Crippen molar-refractivity contribution in [3.05, 3.63) is 102 Å². The van der Waals surface area contributed by atoms with Crippen LogP contribution in [0.25, 0.3) is 10.8 Å². The van der Waals surface area contributed by atoms with Crippen LogP contribution in [0.3, 0.4) is 0 Å². The summed E-state index contributed by atoms with van der Waals surface area (Å²) in [5, 5.41) is 5.77. The second-order valence-electron chi connectivity index (χ2n) is 9.13. The van der Waals surface area contributed by atoms with E-state index in [2.05, 4.69) is 36.5 Å². The fourth-order valence-electron chi connectivity index (χ4n) is 4.82. The summed E-state index contributed by atoms with van der Waals surface area (Å²) in [4.78, 5) is 1.55. The molecular weight excluding hydrogens is 487 g/mol. The van der Waals surface area contributed by atoms with Gasteiger partial charge >= 0.3 is 6.18 Å². The van der Waals surface area contributed by atoms with Gasteiger partial charge in [0.25, 0.3) is 0 Å². The van der Waals surface area contributed by atoms with Crippen LogP contribution in [0.15, 0.2) is 78.9 Å². The average molecular weight is 513 g/mol. The van der Waals surface area contributed by atoms with E-state index in [4.69, 9.17) is 4.74 Å². The molecule has 0 aromatic heterocycles. The van der Waals surface area contributed by atoms with Crippen molar-refractivity contribution in [2.75, 3.05) is 18.0 Å². The highest BCUT2D eigenvalue weighted by Crippen LogP contribution is 2.42. The van der Waals surface area contributed by atoms with Crippen LogP contribution in [0.5, 0.6) is 5.75 Å². The number of rotatable bonds is 6. The fourth-order valence-corrected chi connectivity index (χ4v) is 4.82. The molecular formula is C29H25F5N2O. The number of fused-ring (bicyclic) bond motifs is 2. The number of para-hydroxylation sites is 1. The van der Waals surface area contributed by atoms with Gasteiger partial charge in [-0.25, -0.2) is 8.78 Å². The third kappa shape index (κ3) is 5.11. The Balaban J connectivity index is 1.35. The summed E-state index contributed by atoms with van der Waals surface area (Å²) >= 11 is 0. The molecule has 2 atom stereocenters. The van der Waals surface area contributed by atoms with Crippen LogP contribution in [0.4, 0.5) is 33.3 Å². The Bertz CT molecular complexity index is 1420. The molecule has 1 unspecified atom stereocenters. The minimum Gasteiger partial charge on any atom is -0.483 e. The van der Waals surface area contributed by atoms with Gasteiger partial charge in [-0.1, -0.05) is 48.5 Å². The van der Waals surface area contributed by atoms with Crippen LogP contribution >= 0.6 is 0 Å². The molecule has 1 aliphatic heterocycles. The number of benzene rings is 4. The van der Waals surface area contributed by atoms with Gasteiger partial charge in [-0.3, -0.25) is 0 Å². The first-order valence-corrected chi connectivity index (χ1v) is 12.0. The van der Waals surface area contributed by atoms with Crippen LogP contribution in [0.1, 0.15) is 30.5 Å². The molecule has 8 heteroatoms. The van der Waals surface area contributed by atoms with E-state index in [1.54, 1.807) is 11.0 Å². The average Bonchev–Trinajstić information content (AvgIpc) is 2.88. The van der Waals surface area contributed by atoms with Crippen LogP contribution in [0.2, 0.25) is 0 Å². The molecule has 0 bridgehead atoms. The molecule has 0 aliphatic carbocycles. The third-order valence-corrected chi connectivity index (χ3v) is 6.68. The molecule has 4 aromatic carbocycles. The number of hydrogen-bond acceptors (Lipinski definition) is 3. The lowest BCUT2D eigenvalue weighted by Crippen LogP contribution is -2.39. The SMILES string of the molecule is C[C@@H](NCCC1CN(c2ccc(F)c(C(F)(F)F)c2)c2cccc(F)c2O1)c1cccc2ccccc12. The lowest BCUT2D eigenvalue weighted by molar-refractivity contribution is -0.139. The fraction of sp³-hybridized carbons (Fsp3) is 0.241. The van der Waals surface area contributed by atoms with Gasteiger partial charge in [0.1, 0.15) is 11.9 Å². The maximum absolute atomic E-state index is 14.7. The number of ether oxygens (including phenoxy) is 1. The van der Waals surface area contributed by atoms with Crippen molar-refractivity contribution in [2.24, 2.45) is 0 Å². The second kappa shape index (κ2) is 10.0. The molecule has 0 amide bonds. The molecule has 5 rings (SSSR count). The van der Waals surface area contributed by atoms with E-state index >= 15 is 0 Å². The summed E-state index contributed by atoms with van der Waals surface area (Å²) in [6.07, 6.45) is -4.87. The van der Waals surface area contributed by atoms with E-state index in [1.807, 2.05) is 18.2 Å². The monoisotopic (exact) mass is 512 g/mol. The zero-order chi connectivity index (χ0) is 26.2. The number of halogens is 5. The van der Waals surface area contributed by atoms with Crippen molar-refractivity contribution in [2.45, 2.75) is 31.7 Å². The van der Waals surface area contributed by atoms with Gasteiger partial charge in [0.2, 0.25) is 0 Å². The molecule has 4 aromatic rings. The maximum atomic E-state index is 14.7. The first-order chi connectivity index (χ1) is 17.7. The third-order valence-electron chi connectivity index (χ3n) is 6.68. The molecule has 1 heterocycles. The molecule has 3 nitrogen and oxygen atoms in total. The molecule has 0 fully saturated rings. The highest BCUT2D eigenvalue weighted by atomic mass is 19.4. The number of nitrogens with one attached hydrogen (secondary N) is 1. The molecule has 1 N–H and O–H groups in total. The summed E-state index contributed by atoms with van der Waals surface area (Å²) in [6.45, 7) is 2.77. The zero-order valence-corrected chi connectivity index (χ0v) is 20.0. The van der Waals surface area contributed by atoms with Crippen molar-refractivity contribution in [3.8, 4) is 5.75 Å². The first kappa shape index (κ1) is 25.0. The quantitative estimate of drug-likeness (QED) is 0.267. The minimum atomic E-state index is -4.85. The Morgan fingerprint density at radius 1 is 0.946 bits per heavy atom. The smallest absolute Gasteiger partial charge is 0.419 e. The van der Waals surface area contributed by atoms with E-state index in [-0.39, 0.29) is 24.0 Å². The van der Waals surface area contributed by atoms with Crippen molar-refractivity contribution in [1.29, 1.82) is 0 Å². The van der Waals surface area contributed by atoms with Crippen LogP contribution in [0, 0.1) is 11.6 Å². The van der Waals surface area contributed by atoms with Crippen molar-refractivity contribution in [1.82, 2.24) is 5.32 Å². The van der Waals surface area contributed by atoms with E-state index in [1.165, 1.54) is 18.2 Å². The number of hydrogen-bond donors (Lipinski definition) is 1. The Labute approximate surface area is 211 Å². The van der Waals surface area contributed by atoms with Gasteiger partial charge in [0.15, 0.2) is 11.6 Å². The molecule has 0 saturated carbocycles. The van der Waals surface area contributed by atoms with Gasteiger partial charge in [0, 0.05) is 11.7 Å². The maximum Gasteiger partial charge on any atom is 0.419 e. The van der Waals surface area contributed by atoms with E-state index in [0.29, 0.717) is 18.7 Å². The van der Waals surface area contributed by atoms with Crippen molar-refractivity contribution in [3.63, 3.8) is 0 Å². The molecule has 1 aliphatic rings. The number of nitrogens with zero attached hydrogens (tertiary/aromatic N) is 1. The van der Waals surface area contributed by atoms with Crippen LogP contribution in [-0.4, -0.2) is 19.2 Å². The van der Waals surface area contributed by atoms with Crippen molar-refractivity contribution < 1.29 is 26.7 Å². The molecule has 0 saturated heterocycles. The van der Waals surface area contributed by atoms with Crippen molar-refractivity contribution >= 4 is 22.1 Å². The number of anilines is 2. The number of alkyl halides is 3. The highest BCUT2D eigenvalue weighted by molar-refractivity contribution is 5.86. The van der Waals surface area contributed by atoms with Gasteiger partial charge in [0.05, 0.1) is 17.8 Å². The summed E-state index contributed by atoms with van der Waals surface area (Å²) in [5.74, 6) is -1.99. The Morgan fingerprint density at radius 3 is 2.51 bits per heavy atom. The molecule has 192 valence electrons. The van der Waals surface area contributed by atoms with E-state index in [9.17, 15) is 22.0 Å². The summed E-state index contributed by atoms with van der Waals surface area (Å²) in [5.41, 5.74) is 0.197. The largest absolute Gasteiger partial charge is 0.483 e. The summed E-state index contributed by atoms with van der Waals surface area (Å²) in [7, 11) is 0. The van der Waals surface area contributed by atoms with Crippen LogP contribution in [-0.2, 0) is 6.18 Å². The van der Waals surface area contributed by atoms with Gasteiger partial charge in [-0.2, -0.15) is 13.2 Å². The highest BCUT2D eigenvalue weighted by Gasteiger charge is 2.36. The normalized spacial score (nSPS) is 16.4.